The maximum absolute atomic E-state index is 9.38. The minimum atomic E-state index is -0.504. The van der Waals surface area contributed by atoms with Crippen molar-refractivity contribution in [3.8, 4) is 5.75 Å². The molecule has 3 nitrogen and oxygen atoms in total. The maximum Gasteiger partial charge on any atom is 0.119 e. The van der Waals surface area contributed by atoms with Gasteiger partial charge in [-0.25, -0.2) is 0 Å². The lowest BCUT2D eigenvalue weighted by Gasteiger charge is -2.11. The molecular formula is C15H16BrNO2. The topological polar surface area (TPSA) is 55.5 Å². The number of nitrogens with two attached hydrogens (primary N) is 1. The van der Waals surface area contributed by atoms with Crippen LogP contribution >= 0.6 is 15.9 Å². The second kappa shape index (κ2) is 6.59. The van der Waals surface area contributed by atoms with Gasteiger partial charge in [-0.3, -0.25) is 0 Å². The van der Waals surface area contributed by atoms with E-state index >= 15 is 0 Å². The predicted molar refractivity (Wildman–Crippen MR) is 80.4 cm³/mol. The number of hydrogen-bond donors (Lipinski definition) is 2. The van der Waals surface area contributed by atoms with Gasteiger partial charge in [-0.15, -0.1) is 0 Å². The van der Waals surface area contributed by atoms with E-state index in [9.17, 15) is 5.11 Å². The smallest absolute Gasteiger partial charge is 0.119 e. The summed E-state index contributed by atoms with van der Waals surface area (Å²) in [6, 6.07) is 15.4. The highest BCUT2D eigenvalue weighted by Gasteiger charge is 2.07. The van der Waals surface area contributed by atoms with Crippen molar-refractivity contribution in [3.63, 3.8) is 0 Å². The number of para-hydroxylation sites is 1. The van der Waals surface area contributed by atoms with Crippen LogP contribution in [0.1, 0.15) is 17.2 Å². The molecule has 4 rings (SSSR count). The van der Waals surface area contributed by atoms with E-state index in [2.05, 4.69) is 28.1 Å². The Kier molecular flexibility index (Phi) is 4.82. The lowest BCUT2D eigenvalue weighted by molar-refractivity contribution is 0.206. The number of aliphatic hydroxyl groups is 1. The van der Waals surface area contributed by atoms with Crippen LogP contribution in [0.25, 0.3) is 0 Å². The van der Waals surface area contributed by atoms with E-state index < -0.39 is 6.10 Å². The van der Waals surface area contributed by atoms with Crippen molar-refractivity contribution in [1.82, 2.24) is 0 Å². The SMILES string of the molecule is Nc1ccccc1[C@@H](O)CBr.c1cc2ccc1CO2. The van der Waals surface area contributed by atoms with Crippen LogP contribution in [0.4, 0.5) is 5.69 Å². The van der Waals surface area contributed by atoms with E-state index in [1.807, 2.05) is 30.3 Å². The Balaban J connectivity index is 0.000000146. The number of benzene rings is 2. The molecule has 0 amide bonds. The molecule has 4 heteroatoms. The fourth-order valence-electron chi connectivity index (χ4n) is 1.75. The lowest BCUT2D eigenvalue weighted by Crippen LogP contribution is -2.02. The molecule has 0 unspecified atom stereocenters. The molecule has 0 fully saturated rings. The number of hydrogen-bond acceptors (Lipinski definition) is 3. The molecule has 0 aromatic heterocycles. The van der Waals surface area contributed by atoms with Gasteiger partial charge in [-0.2, -0.15) is 0 Å². The third kappa shape index (κ3) is 3.72. The predicted octanol–water partition coefficient (Wildman–Crippen LogP) is 3.28. The van der Waals surface area contributed by atoms with Crippen LogP contribution in [-0.2, 0) is 6.61 Å². The van der Waals surface area contributed by atoms with Crippen LogP contribution in [0, 0.1) is 0 Å². The fourth-order valence-corrected chi connectivity index (χ4v) is 2.09. The zero-order chi connectivity index (χ0) is 13.7. The zero-order valence-corrected chi connectivity index (χ0v) is 12.0. The first-order chi connectivity index (χ1) is 9.20. The third-order valence-electron chi connectivity index (χ3n) is 2.83. The fraction of sp³-hybridized carbons (Fsp3) is 0.200. The average Bonchev–Trinajstić information content (AvgIpc) is 2.50. The summed E-state index contributed by atoms with van der Waals surface area (Å²) in [7, 11) is 0. The zero-order valence-electron chi connectivity index (χ0n) is 10.4. The molecule has 1 atom stereocenters. The second-order valence-electron chi connectivity index (χ2n) is 4.23. The molecule has 19 heavy (non-hydrogen) atoms. The van der Waals surface area contributed by atoms with Crippen molar-refractivity contribution < 1.29 is 9.84 Å². The van der Waals surface area contributed by atoms with Gasteiger partial charge in [-0.05, 0) is 23.8 Å². The van der Waals surface area contributed by atoms with Crippen molar-refractivity contribution in [1.29, 1.82) is 0 Å². The maximum atomic E-state index is 9.38. The number of fused-ring (bicyclic) bond motifs is 3. The van der Waals surface area contributed by atoms with Crippen molar-refractivity contribution in [2.75, 3.05) is 11.1 Å². The van der Waals surface area contributed by atoms with Gasteiger partial charge in [-0.1, -0.05) is 46.3 Å². The Morgan fingerprint density at radius 1 is 1.16 bits per heavy atom. The number of rotatable bonds is 2. The van der Waals surface area contributed by atoms with E-state index in [0.717, 1.165) is 17.9 Å². The highest BCUT2D eigenvalue weighted by molar-refractivity contribution is 9.09. The Morgan fingerprint density at radius 3 is 2.21 bits per heavy atom. The summed E-state index contributed by atoms with van der Waals surface area (Å²) in [5.41, 5.74) is 8.30. The molecule has 2 aromatic rings. The number of ether oxygens (including phenoxy) is 1. The van der Waals surface area contributed by atoms with Crippen LogP contribution in [0.15, 0.2) is 48.5 Å². The number of aliphatic hydroxyl groups excluding tert-OH is 1. The first-order valence-electron chi connectivity index (χ1n) is 6.01. The van der Waals surface area contributed by atoms with Gasteiger partial charge in [0.05, 0.1) is 6.10 Å². The van der Waals surface area contributed by atoms with E-state index in [0.29, 0.717) is 11.0 Å². The monoisotopic (exact) mass is 321 g/mol. The van der Waals surface area contributed by atoms with Gasteiger partial charge in [0.2, 0.25) is 0 Å². The molecule has 0 aliphatic carbocycles. The van der Waals surface area contributed by atoms with E-state index in [-0.39, 0.29) is 0 Å². The summed E-state index contributed by atoms with van der Waals surface area (Å²) in [5.74, 6) is 0.986. The van der Waals surface area contributed by atoms with Gasteiger partial charge < -0.3 is 15.6 Å². The largest absolute Gasteiger partial charge is 0.489 e. The molecular weight excluding hydrogens is 306 g/mol. The van der Waals surface area contributed by atoms with Crippen molar-refractivity contribution in [3.05, 3.63) is 59.7 Å². The number of halogens is 1. The van der Waals surface area contributed by atoms with Crippen LogP contribution in [0.5, 0.6) is 5.75 Å². The first-order valence-corrected chi connectivity index (χ1v) is 7.13. The molecule has 0 saturated carbocycles. The number of nitrogen functional groups attached to an aromatic ring is 1. The summed E-state index contributed by atoms with van der Waals surface area (Å²) in [6.07, 6.45) is -0.504. The van der Waals surface area contributed by atoms with E-state index in [1.165, 1.54) is 5.56 Å². The van der Waals surface area contributed by atoms with Crippen molar-refractivity contribution in [2.45, 2.75) is 12.7 Å². The van der Waals surface area contributed by atoms with Crippen LogP contribution in [0.2, 0.25) is 0 Å². The molecule has 2 bridgehead atoms. The average molecular weight is 322 g/mol. The number of alkyl halides is 1. The Labute approximate surface area is 121 Å². The molecule has 0 spiro atoms. The van der Waals surface area contributed by atoms with Gasteiger partial charge in [0.15, 0.2) is 0 Å². The van der Waals surface area contributed by atoms with Crippen LogP contribution in [0.3, 0.4) is 0 Å². The third-order valence-corrected chi connectivity index (χ3v) is 3.44. The second-order valence-corrected chi connectivity index (χ2v) is 4.88. The van der Waals surface area contributed by atoms with E-state index in [1.54, 1.807) is 6.07 Å². The normalized spacial score (nSPS) is 13.2. The minimum Gasteiger partial charge on any atom is -0.489 e. The molecule has 2 aliphatic heterocycles. The van der Waals surface area contributed by atoms with E-state index in [4.69, 9.17) is 10.5 Å². The van der Waals surface area contributed by atoms with Gasteiger partial charge in [0.1, 0.15) is 12.4 Å². The molecule has 2 aliphatic rings. The molecule has 2 heterocycles. The molecule has 0 radical (unpaired) electrons. The molecule has 100 valence electrons. The highest BCUT2D eigenvalue weighted by atomic mass is 79.9. The quantitative estimate of drug-likeness (QED) is 0.659. The highest BCUT2D eigenvalue weighted by Crippen LogP contribution is 2.21. The summed E-state index contributed by atoms with van der Waals surface area (Å²) >= 11 is 3.18. The standard InChI is InChI=1S/C8H10BrNO.C7H6O/c9-5-8(11)6-3-1-2-4-7(6)10;1-3-7-4-2-6(1)5-8-7/h1-4,8,11H,5,10H2;1-4H,5H2/t8-;/m0./s1. The van der Waals surface area contributed by atoms with Crippen LogP contribution < -0.4 is 10.5 Å². The Morgan fingerprint density at radius 2 is 1.84 bits per heavy atom. The summed E-state index contributed by atoms with van der Waals surface area (Å²) in [6.45, 7) is 0.766. The van der Waals surface area contributed by atoms with Crippen LogP contribution in [-0.4, -0.2) is 10.4 Å². The van der Waals surface area contributed by atoms with Gasteiger partial charge >= 0.3 is 0 Å². The Bertz CT molecular complexity index is 505. The molecule has 3 N–H and O–H groups in total. The lowest BCUT2D eigenvalue weighted by atomic mass is 10.1. The summed E-state index contributed by atoms with van der Waals surface area (Å²) in [5, 5.41) is 9.90. The minimum absolute atomic E-state index is 0.504. The first kappa shape index (κ1) is 13.9. The van der Waals surface area contributed by atoms with Crippen molar-refractivity contribution >= 4 is 21.6 Å². The van der Waals surface area contributed by atoms with Gasteiger partial charge in [0, 0.05) is 16.6 Å². The Hall–Kier alpha value is -1.52. The summed E-state index contributed by atoms with van der Waals surface area (Å²) < 4.78 is 5.18. The molecule has 2 aromatic carbocycles. The number of anilines is 1. The molecule has 0 saturated heterocycles. The summed E-state index contributed by atoms with van der Waals surface area (Å²) in [4.78, 5) is 0. The van der Waals surface area contributed by atoms with Crippen molar-refractivity contribution in [2.24, 2.45) is 0 Å². The van der Waals surface area contributed by atoms with Gasteiger partial charge in [0.25, 0.3) is 0 Å².